The Morgan fingerprint density at radius 3 is 2.66 bits per heavy atom. The van der Waals surface area contributed by atoms with E-state index in [2.05, 4.69) is 10.6 Å². The highest BCUT2D eigenvalue weighted by Crippen LogP contribution is 2.26. The number of non-ortho nitro benzene ring substituents is 1. The number of carbonyl (C=O) groups is 2. The van der Waals surface area contributed by atoms with Crippen molar-refractivity contribution in [2.24, 2.45) is 0 Å². The average molecular weight is 476 g/mol. The normalized spacial score (nSPS) is 15.6. The Morgan fingerprint density at radius 2 is 1.94 bits per heavy atom. The van der Waals surface area contributed by atoms with Crippen LogP contribution in [0.1, 0.15) is 34.5 Å². The van der Waals surface area contributed by atoms with Gasteiger partial charge < -0.3 is 19.8 Å². The third kappa shape index (κ3) is 6.21. The lowest BCUT2D eigenvalue weighted by Crippen LogP contribution is -2.38. The van der Waals surface area contributed by atoms with Gasteiger partial charge in [-0.1, -0.05) is 29.8 Å². The molecule has 1 aliphatic rings. The van der Waals surface area contributed by atoms with E-state index in [1.807, 2.05) is 19.1 Å². The maximum Gasteiger partial charge on any atom is 0.270 e. The zero-order valence-electron chi connectivity index (χ0n) is 19.2. The molecular weight excluding hydrogens is 450 g/mol. The molecule has 3 aromatic rings. The van der Waals surface area contributed by atoms with Crippen LogP contribution in [0.15, 0.2) is 70.8 Å². The van der Waals surface area contributed by atoms with Gasteiger partial charge in [0, 0.05) is 42.5 Å². The molecule has 2 amide bonds. The van der Waals surface area contributed by atoms with Gasteiger partial charge >= 0.3 is 0 Å². The molecule has 180 valence electrons. The molecule has 2 N–H and O–H groups in total. The lowest BCUT2D eigenvalue weighted by molar-refractivity contribution is -0.384. The first-order chi connectivity index (χ1) is 16.9. The molecule has 2 heterocycles. The highest BCUT2D eigenvalue weighted by atomic mass is 16.6. The van der Waals surface area contributed by atoms with E-state index >= 15 is 0 Å². The molecule has 0 radical (unpaired) electrons. The SMILES string of the molecule is Cc1ccc(C(=O)N/C(=C/c2ccc(-c3cccc([N+](=O)[O-])c3)o2)C(=O)NC[C@@H]2CCCO2)cc1. The minimum absolute atomic E-state index is 0.00788. The van der Waals surface area contributed by atoms with E-state index in [9.17, 15) is 19.7 Å². The Morgan fingerprint density at radius 1 is 1.14 bits per heavy atom. The van der Waals surface area contributed by atoms with Crippen molar-refractivity contribution in [3.63, 3.8) is 0 Å². The summed E-state index contributed by atoms with van der Waals surface area (Å²) in [6, 6.07) is 16.3. The summed E-state index contributed by atoms with van der Waals surface area (Å²) in [5, 5.41) is 16.6. The van der Waals surface area contributed by atoms with E-state index in [0.29, 0.717) is 35.8 Å². The molecule has 9 heteroatoms. The summed E-state index contributed by atoms with van der Waals surface area (Å²) in [6.07, 6.45) is 3.18. The minimum Gasteiger partial charge on any atom is -0.457 e. The highest BCUT2D eigenvalue weighted by molar-refractivity contribution is 6.05. The summed E-state index contributed by atoms with van der Waals surface area (Å²) < 4.78 is 11.4. The van der Waals surface area contributed by atoms with Crippen molar-refractivity contribution in [3.05, 3.63) is 93.4 Å². The molecule has 0 bridgehead atoms. The van der Waals surface area contributed by atoms with Gasteiger partial charge in [0.25, 0.3) is 17.5 Å². The Balaban J connectivity index is 1.57. The van der Waals surface area contributed by atoms with Crippen LogP contribution in [-0.4, -0.2) is 36.0 Å². The van der Waals surface area contributed by atoms with Crippen LogP contribution in [0, 0.1) is 17.0 Å². The molecule has 0 aliphatic carbocycles. The molecule has 4 rings (SSSR count). The van der Waals surface area contributed by atoms with Crippen molar-refractivity contribution in [3.8, 4) is 11.3 Å². The lowest BCUT2D eigenvalue weighted by atomic mass is 10.1. The first-order valence-electron chi connectivity index (χ1n) is 11.2. The fraction of sp³-hybridized carbons (Fsp3) is 0.231. The predicted molar refractivity (Wildman–Crippen MR) is 129 cm³/mol. The number of hydrogen-bond donors (Lipinski definition) is 2. The topological polar surface area (TPSA) is 124 Å². The van der Waals surface area contributed by atoms with E-state index in [4.69, 9.17) is 9.15 Å². The number of furan rings is 1. The molecular formula is C26H25N3O6. The van der Waals surface area contributed by atoms with Crippen molar-refractivity contribution in [1.82, 2.24) is 10.6 Å². The molecule has 0 spiro atoms. The van der Waals surface area contributed by atoms with Gasteiger partial charge in [0.1, 0.15) is 17.2 Å². The van der Waals surface area contributed by atoms with Crippen molar-refractivity contribution in [2.75, 3.05) is 13.2 Å². The number of benzene rings is 2. The monoisotopic (exact) mass is 475 g/mol. The molecule has 1 saturated heterocycles. The van der Waals surface area contributed by atoms with E-state index in [1.165, 1.54) is 18.2 Å². The van der Waals surface area contributed by atoms with Gasteiger partial charge in [0.05, 0.1) is 11.0 Å². The number of aryl methyl sites for hydroxylation is 1. The fourth-order valence-electron chi connectivity index (χ4n) is 3.67. The van der Waals surface area contributed by atoms with Crippen LogP contribution in [0.2, 0.25) is 0 Å². The summed E-state index contributed by atoms with van der Waals surface area (Å²) in [6.45, 7) is 2.91. The first kappa shape index (κ1) is 23.9. The van der Waals surface area contributed by atoms with E-state index < -0.39 is 16.7 Å². The number of nitrogens with one attached hydrogen (secondary N) is 2. The number of nitro benzene ring substituents is 1. The molecule has 1 aromatic heterocycles. The van der Waals surface area contributed by atoms with Crippen molar-refractivity contribution < 1.29 is 23.7 Å². The number of amides is 2. The van der Waals surface area contributed by atoms with E-state index in [-0.39, 0.29) is 17.5 Å². The molecule has 0 unspecified atom stereocenters. The second kappa shape index (κ2) is 10.8. The van der Waals surface area contributed by atoms with E-state index in [1.54, 1.807) is 36.4 Å². The molecule has 1 fully saturated rings. The van der Waals surface area contributed by atoms with Crippen molar-refractivity contribution >= 4 is 23.6 Å². The predicted octanol–water partition coefficient (Wildman–Crippen LogP) is 4.23. The van der Waals surface area contributed by atoms with Gasteiger partial charge in [-0.25, -0.2) is 0 Å². The number of carbonyl (C=O) groups excluding carboxylic acids is 2. The Kier molecular flexibility index (Phi) is 7.37. The molecule has 9 nitrogen and oxygen atoms in total. The smallest absolute Gasteiger partial charge is 0.270 e. The fourth-order valence-corrected chi connectivity index (χ4v) is 3.67. The van der Waals surface area contributed by atoms with Crippen LogP contribution in [0.5, 0.6) is 0 Å². The van der Waals surface area contributed by atoms with Gasteiger partial charge in [-0.05, 0) is 44.0 Å². The van der Waals surface area contributed by atoms with E-state index in [0.717, 1.165) is 18.4 Å². The number of nitro groups is 1. The maximum atomic E-state index is 13.0. The quantitative estimate of drug-likeness (QED) is 0.285. The molecule has 2 aromatic carbocycles. The number of rotatable bonds is 8. The number of nitrogens with zero attached hydrogens (tertiary/aromatic N) is 1. The minimum atomic E-state index is -0.482. The van der Waals surface area contributed by atoms with Gasteiger partial charge in [-0.3, -0.25) is 19.7 Å². The molecule has 1 aliphatic heterocycles. The largest absolute Gasteiger partial charge is 0.457 e. The van der Waals surface area contributed by atoms with Crippen molar-refractivity contribution in [1.29, 1.82) is 0 Å². The third-order valence-electron chi connectivity index (χ3n) is 5.58. The van der Waals surface area contributed by atoms with Crippen LogP contribution in [0.4, 0.5) is 5.69 Å². The summed E-state index contributed by atoms with van der Waals surface area (Å²) in [7, 11) is 0. The van der Waals surface area contributed by atoms with Crippen LogP contribution in [-0.2, 0) is 9.53 Å². The standard InChI is InChI=1S/C26H25N3O6/c1-17-7-9-18(10-8-17)25(30)28-23(26(31)27-16-22-6-3-13-34-22)15-21-11-12-24(35-21)19-4-2-5-20(14-19)29(32)33/h2,4-5,7-12,14-15,22H,3,6,13,16H2,1H3,(H,27,31)(H,28,30)/b23-15+/t22-/m0/s1. The second-order valence-electron chi connectivity index (χ2n) is 8.23. The van der Waals surface area contributed by atoms with Crippen LogP contribution < -0.4 is 10.6 Å². The average Bonchev–Trinajstić information content (AvgIpc) is 3.55. The lowest BCUT2D eigenvalue weighted by Gasteiger charge is -2.13. The van der Waals surface area contributed by atoms with Crippen LogP contribution >= 0.6 is 0 Å². The van der Waals surface area contributed by atoms with Gasteiger partial charge in [0.2, 0.25) is 0 Å². The Hall–Kier alpha value is -4.24. The zero-order chi connectivity index (χ0) is 24.8. The van der Waals surface area contributed by atoms with Crippen LogP contribution in [0.25, 0.3) is 17.4 Å². The molecule has 1 atom stereocenters. The van der Waals surface area contributed by atoms with Gasteiger partial charge in [0.15, 0.2) is 0 Å². The molecule has 0 saturated carbocycles. The summed E-state index contributed by atoms with van der Waals surface area (Å²) >= 11 is 0. The number of hydrogen-bond acceptors (Lipinski definition) is 6. The van der Waals surface area contributed by atoms with Crippen molar-refractivity contribution in [2.45, 2.75) is 25.9 Å². The second-order valence-corrected chi connectivity index (χ2v) is 8.23. The van der Waals surface area contributed by atoms with Gasteiger partial charge in [-0.2, -0.15) is 0 Å². The first-order valence-corrected chi connectivity index (χ1v) is 11.2. The zero-order valence-corrected chi connectivity index (χ0v) is 19.2. The maximum absolute atomic E-state index is 13.0. The summed E-state index contributed by atoms with van der Waals surface area (Å²) in [4.78, 5) is 36.3. The van der Waals surface area contributed by atoms with Gasteiger partial charge in [-0.15, -0.1) is 0 Å². The summed E-state index contributed by atoms with van der Waals surface area (Å²) in [5.74, 6) is -0.217. The number of ether oxygens (including phenoxy) is 1. The third-order valence-corrected chi connectivity index (χ3v) is 5.58. The van der Waals surface area contributed by atoms with Crippen LogP contribution in [0.3, 0.4) is 0 Å². The summed E-state index contributed by atoms with van der Waals surface area (Å²) in [5.41, 5.74) is 1.89. The molecule has 35 heavy (non-hydrogen) atoms. The Bertz CT molecular complexity index is 1260. The Labute approximate surface area is 201 Å². The highest BCUT2D eigenvalue weighted by Gasteiger charge is 2.20.